The van der Waals surface area contributed by atoms with Crippen LogP contribution in [0.4, 0.5) is 0 Å². The third-order valence-corrected chi connectivity index (χ3v) is 14.5. The summed E-state index contributed by atoms with van der Waals surface area (Å²) in [7, 11) is 0. The van der Waals surface area contributed by atoms with E-state index in [0.717, 1.165) is 109 Å². The third kappa shape index (κ3) is 5.25. The molecule has 0 aliphatic heterocycles. The molecule has 7 heteroatoms. The third-order valence-electron chi connectivity index (χ3n) is 14.5. The number of para-hydroxylation sites is 3. The largest absolute Gasteiger partial charge is 0.456 e. The van der Waals surface area contributed by atoms with Crippen molar-refractivity contribution in [3.05, 3.63) is 212 Å². The highest BCUT2D eigenvalue weighted by Gasteiger charge is 2.27. The van der Waals surface area contributed by atoms with Gasteiger partial charge in [0.25, 0.3) is 0 Å². The molecule has 0 saturated heterocycles. The van der Waals surface area contributed by atoms with Gasteiger partial charge in [0.05, 0.1) is 33.3 Å². The van der Waals surface area contributed by atoms with E-state index in [1.165, 1.54) is 21.5 Å². The second-order valence-electron chi connectivity index (χ2n) is 18.3. The van der Waals surface area contributed by atoms with Crippen LogP contribution in [0.15, 0.2) is 221 Å². The topological polar surface area (TPSA) is 74.8 Å². The summed E-state index contributed by atoms with van der Waals surface area (Å²) in [5.41, 5.74) is 9.65. The van der Waals surface area contributed by atoms with Gasteiger partial charge in [-0.15, -0.1) is 0 Å². The molecule has 70 heavy (non-hydrogen) atoms. The Morgan fingerprint density at radius 1 is 0.314 bits per heavy atom. The summed E-state index contributed by atoms with van der Waals surface area (Å²) in [6, 6.07) is 75.1. The van der Waals surface area contributed by atoms with Crippen LogP contribution < -0.4 is 0 Å². The van der Waals surface area contributed by atoms with Crippen molar-refractivity contribution >= 4 is 120 Å². The van der Waals surface area contributed by atoms with Crippen molar-refractivity contribution in [3.63, 3.8) is 0 Å². The Bertz CT molecular complexity index is 4860. The summed E-state index contributed by atoms with van der Waals surface area (Å²) < 4.78 is 18.3. The van der Waals surface area contributed by atoms with Crippen LogP contribution in [0.5, 0.6) is 0 Å². The standard InChI is InChI=1S/C63H35N5O2/c1-3-16-39-33-54-49(32-38(39)15-1)58-42-18-6-5-13-36(42)26-29-52(58)67(54)53-30-28-47-48-31-37-14-2-4-17-40(37)34-57(48)70-60(47)59(53)62-64-61(41-25-27-46-45-21-9-12-24-55(45)69-56(46)35-41)65-63(66-62)68-50-22-10-7-19-43(50)44-20-8-11-23-51(44)68/h1-35H. The van der Waals surface area contributed by atoms with Crippen LogP contribution in [-0.2, 0) is 0 Å². The van der Waals surface area contributed by atoms with Gasteiger partial charge >= 0.3 is 0 Å². The van der Waals surface area contributed by atoms with E-state index < -0.39 is 0 Å². The van der Waals surface area contributed by atoms with Gasteiger partial charge in [-0.05, 0) is 105 Å². The minimum Gasteiger partial charge on any atom is -0.456 e. The highest BCUT2D eigenvalue weighted by atomic mass is 16.3. The molecule has 5 heterocycles. The lowest BCUT2D eigenvalue weighted by molar-refractivity contribution is 0.668. The van der Waals surface area contributed by atoms with Gasteiger partial charge in [-0.25, -0.2) is 4.98 Å². The zero-order valence-corrected chi connectivity index (χ0v) is 37.3. The fourth-order valence-corrected chi connectivity index (χ4v) is 11.4. The Kier molecular flexibility index (Phi) is 7.49. The van der Waals surface area contributed by atoms with E-state index in [2.05, 4.69) is 203 Å². The fraction of sp³-hybridized carbons (Fsp3) is 0. The molecule has 0 amide bonds. The first-order valence-corrected chi connectivity index (χ1v) is 23.6. The Balaban J connectivity index is 1.07. The van der Waals surface area contributed by atoms with Gasteiger partial charge < -0.3 is 13.4 Å². The van der Waals surface area contributed by atoms with E-state index in [9.17, 15) is 0 Å². The molecule has 0 spiro atoms. The van der Waals surface area contributed by atoms with Gasteiger partial charge in [0.1, 0.15) is 22.3 Å². The second-order valence-corrected chi connectivity index (χ2v) is 18.3. The van der Waals surface area contributed by atoms with Crippen molar-refractivity contribution in [1.29, 1.82) is 0 Å². The van der Waals surface area contributed by atoms with Crippen molar-refractivity contribution in [2.75, 3.05) is 0 Å². The van der Waals surface area contributed by atoms with Gasteiger partial charge in [-0.3, -0.25) is 4.57 Å². The van der Waals surface area contributed by atoms with Crippen LogP contribution in [0, 0.1) is 0 Å². The molecule has 0 bridgehead atoms. The van der Waals surface area contributed by atoms with E-state index in [-0.39, 0.29) is 0 Å². The number of rotatable bonds is 4. The first-order chi connectivity index (χ1) is 34.7. The predicted octanol–water partition coefficient (Wildman–Crippen LogP) is 16.7. The highest BCUT2D eigenvalue weighted by Crippen LogP contribution is 2.45. The molecule has 0 saturated carbocycles. The second kappa shape index (κ2) is 14.0. The molecule has 0 atom stereocenters. The Hall–Kier alpha value is -9.59. The molecular weight excluding hydrogens is 859 g/mol. The molecule has 0 N–H and O–H groups in total. The number of nitrogens with zero attached hydrogens (tertiary/aromatic N) is 5. The number of hydrogen-bond acceptors (Lipinski definition) is 5. The number of benzene rings is 11. The lowest BCUT2D eigenvalue weighted by Gasteiger charge is -2.16. The smallest absolute Gasteiger partial charge is 0.238 e. The lowest BCUT2D eigenvalue weighted by Crippen LogP contribution is -2.08. The summed E-state index contributed by atoms with van der Waals surface area (Å²) in [6.45, 7) is 0. The maximum Gasteiger partial charge on any atom is 0.238 e. The molecule has 11 aromatic carbocycles. The molecule has 0 unspecified atom stereocenters. The number of fused-ring (bicyclic) bond motifs is 16. The Morgan fingerprint density at radius 2 is 0.900 bits per heavy atom. The zero-order valence-electron chi connectivity index (χ0n) is 37.3. The van der Waals surface area contributed by atoms with Gasteiger partial charge in [0, 0.05) is 48.7 Å². The Morgan fingerprint density at radius 3 is 1.67 bits per heavy atom. The predicted molar refractivity (Wildman–Crippen MR) is 286 cm³/mol. The minimum absolute atomic E-state index is 0.479. The van der Waals surface area contributed by atoms with Crippen molar-refractivity contribution in [2.24, 2.45) is 0 Å². The van der Waals surface area contributed by atoms with Gasteiger partial charge in [-0.1, -0.05) is 140 Å². The Labute approximate surface area is 397 Å². The lowest BCUT2D eigenvalue weighted by atomic mass is 10.0. The van der Waals surface area contributed by atoms with Crippen LogP contribution in [0.2, 0.25) is 0 Å². The first kappa shape index (κ1) is 37.5. The average Bonchev–Trinajstić information content (AvgIpc) is 4.16. The number of furan rings is 2. The molecule has 7 nitrogen and oxygen atoms in total. The van der Waals surface area contributed by atoms with E-state index in [0.29, 0.717) is 23.2 Å². The molecule has 16 aromatic rings. The molecule has 0 aliphatic rings. The van der Waals surface area contributed by atoms with Gasteiger partial charge in [-0.2, -0.15) is 9.97 Å². The summed E-state index contributed by atoms with van der Waals surface area (Å²) in [5, 5.41) is 15.6. The quantitative estimate of drug-likeness (QED) is 0.176. The molecule has 0 radical (unpaired) electrons. The van der Waals surface area contributed by atoms with Crippen molar-refractivity contribution in [1.82, 2.24) is 24.1 Å². The molecule has 0 aliphatic carbocycles. The van der Waals surface area contributed by atoms with E-state index in [1.807, 2.05) is 18.2 Å². The van der Waals surface area contributed by atoms with Crippen LogP contribution in [0.1, 0.15) is 0 Å². The zero-order chi connectivity index (χ0) is 45.6. The van der Waals surface area contributed by atoms with Crippen molar-refractivity contribution in [2.45, 2.75) is 0 Å². The summed E-state index contributed by atoms with van der Waals surface area (Å²) in [4.78, 5) is 16.6. The monoisotopic (exact) mass is 893 g/mol. The number of hydrogen-bond donors (Lipinski definition) is 0. The molecule has 16 rings (SSSR count). The van der Waals surface area contributed by atoms with Crippen LogP contribution in [0.3, 0.4) is 0 Å². The maximum absolute atomic E-state index is 7.22. The van der Waals surface area contributed by atoms with Crippen LogP contribution in [0.25, 0.3) is 154 Å². The van der Waals surface area contributed by atoms with Gasteiger partial charge in [0.15, 0.2) is 11.6 Å². The van der Waals surface area contributed by atoms with Crippen molar-refractivity contribution in [3.8, 4) is 34.4 Å². The van der Waals surface area contributed by atoms with Crippen LogP contribution in [-0.4, -0.2) is 24.1 Å². The maximum atomic E-state index is 7.22. The summed E-state index contributed by atoms with van der Waals surface area (Å²) in [5.74, 6) is 1.48. The molecule has 5 aromatic heterocycles. The fourth-order valence-electron chi connectivity index (χ4n) is 11.4. The van der Waals surface area contributed by atoms with Crippen LogP contribution >= 0.6 is 0 Å². The number of aromatic nitrogens is 5. The summed E-state index contributed by atoms with van der Waals surface area (Å²) >= 11 is 0. The first-order valence-electron chi connectivity index (χ1n) is 23.6. The molecule has 324 valence electrons. The molecular formula is C63H35N5O2. The normalized spacial score (nSPS) is 12.3. The average molecular weight is 894 g/mol. The minimum atomic E-state index is 0.479. The van der Waals surface area contributed by atoms with E-state index >= 15 is 0 Å². The summed E-state index contributed by atoms with van der Waals surface area (Å²) in [6.07, 6.45) is 0. The van der Waals surface area contributed by atoms with E-state index in [1.54, 1.807) is 0 Å². The highest BCUT2D eigenvalue weighted by molar-refractivity contribution is 6.24. The van der Waals surface area contributed by atoms with Crippen molar-refractivity contribution < 1.29 is 8.83 Å². The van der Waals surface area contributed by atoms with E-state index in [4.69, 9.17) is 23.8 Å². The molecule has 0 fully saturated rings. The van der Waals surface area contributed by atoms with Gasteiger partial charge in [0.2, 0.25) is 5.95 Å². The SMILES string of the molecule is c1ccc2cc3c(cc2c1)oc1c(-c2nc(-c4ccc5c(c4)oc4ccccc45)nc(-n4c5ccccc5c5ccccc54)n2)c(-n2c4cc5ccccc5cc4c4c5ccccc5ccc42)ccc13.